The van der Waals surface area contributed by atoms with Gasteiger partial charge in [0, 0.05) is 31.9 Å². The number of ether oxygens (including phenoxy) is 1. The molecule has 0 heterocycles. The number of nitrogens with one attached hydrogen (secondary N) is 1. The first-order chi connectivity index (χ1) is 11.1. The fourth-order valence-corrected chi connectivity index (χ4v) is 2.43. The molecule has 2 atom stereocenters. The van der Waals surface area contributed by atoms with Gasteiger partial charge in [0.25, 0.3) is 0 Å². The Morgan fingerprint density at radius 2 is 1.78 bits per heavy atom. The summed E-state index contributed by atoms with van der Waals surface area (Å²) in [6.45, 7) is 0.706. The van der Waals surface area contributed by atoms with Gasteiger partial charge >= 0.3 is 0 Å². The minimum Gasteiger partial charge on any atom is -0.387 e. The lowest BCUT2D eigenvalue weighted by Gasteiger charge is -2.21. The van der Waals surface area contributed by atoms with Gasteiger partial charge in [-0.2, -0.15) is 0 Å². The molecule has 2 N–H and O–H groups in total. The molecule has 0 aliphatic heterocycles. The lowest BCUT2D eigenvalue weighted by atomic mass is 10.0. The molecule has 0 fully saturated rings. The first kappa shape index (κ1) is 17.5. The monoisotopic (exact) mass is 321 g/mol. The van der Waals surface area contributed by atoms with E-state index < -0.39 is 11.9 Å². The van der Waals surface area contributed by atoms with Gasteiger partial charge in [-0.3, -0.25) is 0 Å². The molecule has 2 rings (SSSR count). The molecule has 0 amide bonds. The van der Waals surface area contributed by atoms with Gasteiger partial charge in [-0.05, 0) is 30.2 Å². The quantitative estimate of drug-likeness (QED) is 0.783. The van der Waals surface area contributed by atoms with Crippen molar-refractivity contribution >= 4 is 0 Å². The Bertz CT molecular complexity index is 604. The van der Waals surface area contributed by atoms with Crippen LogP contribution in [0.3, 0.4) is 0 Å². The predicted molar refractivity (Wildman–Crippen MR) is 85.0 cm³/mol. The summed E-state index contributed by atoms with van der Waals surface area (Å²) in [4.78, 5) is 0. The molecule has 2 aromatic carbocycles. The first-order valence-corrected chi connectivity index (χ1v) is 7.52. The highest BCUT2D eigenvalue weighted by Gasteiger charge is 2.16. The minimum absolute atomic E-state index is 0.114. The third-order valence-electron chi connectivity index (χ3n) is 3.70. The van der Waals surface area contributed by atoms with Crippen LogP contribution in [0.25, 0.3) is 0 Å². The van der Waals surface area contributed by atoms with Crippen molar-refractivity contribution in [1.29, 1.82) is 0 Å². The lowest BCUT2D eigenvalue weighted by Crippen LogP contribution is -2.27. The van der Waals surface area contributed by atoms with Crippen molar-refractivity contribution in [1.82, 2.24) is 5.32 Å². The van der Waals surface area contributed by atoms with Crippen LogP contribution in [0.1, 0.15) is 29.7 Å². The molecular formula is C18H21F2NO2. The van der Waals surface area contributed by atoms with Crippen molar-refractivity contribution in [2.24, 2.45) is 0 Å². The fourth-order valence-electron chi connectivity index (χ4n) is 2.43. The van der Waals surface area contributed by atoms with Crippen molar-refractivity contribution < 1.29 is 18.6 Å². The normalized spacial score (nSPS) is 13.7. The van der Waals surface area contributed by atoms with Crippen molar-refractivity contribution in [2.45, 2.75) is 18.6 Å². The maximum absolute atomic E-state index is 13.7. The fraction of sp³-hybridized carbons (Fsp3) is 0.333. The maximum Gasteiger partial charge on any atom is 0.129 e. The average Bonchev–Trinajstić information content (AvgIpc) is 2.56. The number of hydrogen-bond donors (Lipinski definition) is 2. The molecule has 2 aromatic rings. The summed E-state index contributed by atoms with van der Waals surface area (Å²) in [7, 11) is 1.61. The number of hydrogen-bond acceptors (Lipinski definition) is 3. The minimum atomic E-state index is -0.957. The van der Waals surface area contributed by atoms with Gasteiger partial charge in [0.1, 0.15) is 11.6 Å². The SMILES string of the molecule is COCCC(NCC(O)c1ccccc1F)c1ccc(F)cc1. The summed E-state index contributed by atoms with van der Waals surface area (Å²) >= 11 is 0. The second-order valence-corrected chi connectivity index (χ2v) is 5.33. The van der Waals surface area contributed by atoms with E-state index in [0.29, 0.717) is 13.0 Å². The molecule has 0 saturated carbocycles. The van der Waals surface area contributed by atoms with Crippen molar-refractivity contribution in [2.75, 3.05) is 20.3 Å². The number of aliphatic hydroxyl groups excluding tert-OH is 1. The molecule has 0 saturated heterocycles. The summed E-state index contributed by atoms with van der Waals surface area (Å²) in [6.07, 6.45) is -0.298. The smallest absolute Gasteiger partial charge is 0.129 e. The van der Waals surface area contributed by atoms with Crippen LogP contribution in [-0.4, -0.2) is 25.4 Å². The van der Waals surface area contributed by atoms with E-state index in [1.807, 2.05) is 0 Å². The van der Waals surface area contributed by atoms with Crippen LogP contribution < -0.4 is 5.32 Å². The van der Waals surface area contributed by atoms with Crippen LogP contribution >= 0.6 is 0 Å². The van der Waals surface area contributed by atoms with E-state index in [2.05, 4.69) is 5.32 Å². The van der Waals surface area contributed by atoms with Crippen LogP contribution in [0.2, 0.25) is 0 Å². The summed E-state index contributed by atoms with van der Waals surface area (Å²) in [5.41, 5.74) is 1.15. The van der Waals surface area contributed by atoms with Crippen molar-refractivity contribution in [3.05, 3.63) is 71.3 Å². The molecule has 0 radical (unpaired) electrons. The van der Waals surface area contributed by atoms with E-state index in [-0.39, 0.29) is 24.0 Å². The Balaban J connectivity index is 2.03. The molecule has 0 bridgehead atoms. The summed E-state index contributed by atoms with van der Waals surface area (Å²) in [5, 5.41) is 13.4. The number of aliphatic hydroxyl groups is 1. The van der Waals surface area contributed by atoms with Crippen molar-refractivity contribution in [3.63, 3.8) is 0 Å². The van der Waals surface area contributed by atoms with Crippen LogP contribution in [0, 0.1) is 11.6 Å². The number of benzene rings is 2. The maximum atomic E-state index is 13.7. The topological polar surface area (TPSA) is 41.5 Å². The van der Waals surface area contributed by atoms with Gasteiger partial charge in [-0.15, -0.1) is 0 Å². The number of methoxy groups -OCH3 is 1. The molecule has 5 heteroatoms. The zero-order valence-corrected chi connectivity index (χ0v) is 13.0. The zero-order valence-electron chi connectivity index (χ0n) is 13.0. The number of halogens is 2. The molecule has 0 aliphatic carbocycles. The van der Waals surface area contributed by atoms with E-state index >= 15 is 0 Å². The van der Waals surface area contributed by atoms with Crippen LogP contribution in [-0.2, 0) is 4.74 Å². The molecule has 2 unspecified atom stereocenters. The summed E-state index contributed by atoms with van der Waals surface area (Å²) in [5.74, 6) is -0.734. The van der Waals surface area contributed by atoms with E-state index in [1.54, 1.807) is 37.4 Å². The Morgan fingerprint density at radius 3 is 2.43 bits per heavy atom. The molecule has 0 aromatic heterocycles. The van der Waals surface area contributed by atoms with Gasteiger partial charge < -0.3 is 15.2 Å². The van der Waals surface area contributed by atoms with Crippen LogP contribution in [0.5, 0.6) is 0 Å². The second kappa shape index (κ2) is 8.72. The first-order valence-electron chi connectivity index (χ1n) is 7.52. The number of rotatable bonds is 8. The van der Waals surface area contributed by atoms with Gasteiger partial charge in [0.2, 0.25) is 0 Å². The largest absolute Gasteiger partial charge is 0.387 e. The highest BCUT2D eigenvalue weighted by atomic mass is 19.1. The Labute approximate surface area is 134 Å². The predicted octanol–water partition coefficient (Wildman–Crippen LogP) is 3.37. The van der Waals surface area contributed by atoms with Crippen molar-refractivity contribution in [3.8, 4) is 0 Å². The van der Waals surface area contributed by atoms with Gasteiger partial charge in [-0.25, -0.2) is 8.78 Å². The molecule has 3 nitrogen and oxygen atoms in total. The third-order valence-corrected chi connectivity index (χ3v) is 3.70. The van der Waals surface area contributed by atoms with Gasteiger partial charge in [0.15, 0.2) is 0 Å². The molecule has 0 spiro atoms. The van der Waals surface area contributed by atoms with E-state index in [4.69, 9.17) is 4.74 Å². The van der Waals surface area contributed by atoms with Crippen LogP contribution in [0.4, 0.5) is 8.78 Å². The lowest BCUT2D eigenvalue weighted by molar-refractivity contribution is 0.153. The summed E-state index contributed by atoms with van der Waals surface area (Å²) in [6, 6.07) is 12.2. The Hall–Kier alpha value is -1.82. The molecular weight excluding hydrogens is 300 g/mol. The van der Waals surface area contributed by atoms with Gasteiger partial charge in [-0.1, -0.05) is 30.3 Å². The van der Waals surface area contributed by atoms with E-state index in [9.17, 15) is 13.9 Å². The summed E-state index contributed by atoms with van der Waals surface area (Å²) < 4.78 is 31.8. The second-order valence-electron chi connectivity index (χ2n) is 5.33. The highest BCUT2D eigenvalue weighted by Crippen LogP contribution is 2.20. The van der Waals surface area contributed by atoms with E-state index in [0.717, 1.165) is 5.56 Å². The van der Waals surface area contributed by atoms with Gasteiger partial charge in [0.05, 0.1) is 6.10 Å². The standard InChI is InChI=1S/C18H21F2NO2/c1-23-11-10-17(13-6-8-14(19)9-7-13)21-12-18(22)15-4-2-3-5-16(15)20/h2-9,17-18,21-22H,10-12H2,1H3. The molecule has 23 heavy (non-hydrogen) atoms. The van der Waals surface area contributed by atoms with E-state index in [1.165, 1.54) is 18.2 Å². The highest BCUT2D eigenvalue weighted by molar-refractivity contribution is 5.22. The molecule has 0 aliphatic rings. The van der Waals surface area contributed by atoms with Crippen LogP contribution in [0.15, 0.2) is 48.5 Å². The third kappa shape index (κ3) is 5.10. The zero-order chi connectivity index (χ0) is 16.7. The average molecular weight is 321 g/mol. The Morgan fingerprint density at radius 1 is 1.09 bits per heavy atom. The Kier molecular flexibility index (Phi) is 6.65. The molecule has 124 valence electrons.